The van der Waals surface area contributed by atoms with Crippen molar-refractivity contribution < 1.29 is 9.84 Å². The molecule has 0 saturated heterocycles. The Labute approximate surface area is 167 Å². The number of nitrogens with zero attached hydrogens (tertiary/aromatic N) is 1. The van der Waals surface area contributed by atoms with Crippen LogP contribution >= 0.6 is 12.2 Å². The lowest BCUT2D eigenvalue weighted by Gasteiger charge is -2.12. The first kappa shape index (κ1) is 19.4. The van der Waals surface area contributed by atoms with Crippen molar-refractivity contribution in [2.24, 2.45) is 0 Å². The summed E-state index contributed by atoms with van der Waals surface area (Å²) in [4.78, 5) is 14.8. The van der Waals surface area contributed by atoms with Gasteiger partial charge in [-0.25, -0.2) is 0 Å². The third-order valence-corrected chi connectivity index (χ3v) is 4.23. The Bertz CT molecular complexity index is 1110. The summed E-state index contributed by atoms with van der Waals surface area (Å²) in [6, 6.07) is 16.5. The number of benzene rings is 2. The van der Waals surface area contributed by atoms with E-state index in [1.807, 2.05) is 49.4 Å². The van der Waals surface area contributed by atoms with Crippen LogP contribution in [0.2, 0.25) is 0 Å². The van der Waals surface area contributed by atoms with Gasteiger partial charge in [-0.15, -0.1) is 0 Å². The Morgan fingerprint density at radius 1 is 1.07 bits per heavy atom. The van der Waals surface area contributed by atoms with Gasteiger partial charge in [0, 0.05) is 0 Å². The maximum Gasteiger partial charge on any atom is 0.262 e. The van der Waals surface area contributed by atoms with Gasteiger partial charge in [0.2, 0.25) is 5.88 Å². The maximum atomic E-state index is 12.2. The molecule has 142 valence electrons. The van der Waals surface area contributed by atoms with Crippen LogP contribution in [0.5, 0.6) is 17.4 Å². The molecule has 0 spiro atoms. The van der Waals surface area contributed by atoms with Crippen LogP contribution < -0.4 is 10.3 Å². The summed E-state index contributed by atoms with van der Waals surface area (Å²) < 4.78 is 7.29. The monoisotopic (exact) mass is 392 g/mol. The van der Waals surface area contributed by atoms with Crippen LogP contribution in [0.4, 0.5) is 0 Å². The van der Waals surface area contributed by atoms with Gasteiger partial charge >= 0.3 is 0 Å². The number of H-pyrrole nitrogens is 1. The highest BCUT2D eigenvalue weighted by Gasteiger charge is 2.12. The van der Waals surface area contributed by atoms with Crippen molar-refractivity contribution in [3.05, 3.63) is 93.5 Å². The molecular weight excluding hydrogens is 372 g/mol. The fraction of sp³-hybridized carbons (Fsp3) is 0.0909. The molecule has 0 saturated carbocycles. The van der Waals surface area contributed by atoms with E-state index >= 15 is 0 Å². The topological polar surface area (TPSA) is 67.2 Å². The zero-order chi connectivity index (χ0) is 19.9. The fourth-order valence-corrected chi connectivity index (χ4v) is 2.87. The molecule has 5 nitrogen and oxygen atoms in total. The highest BCUT2D eigenvalue weighted by Crippen LogP contribution is 2.25. The Balaban J connectivity index is 1.94. The van der Waals surface area contributed by atoms with Crippen LogP contribution in [0.15, 0.2) is 77.6 Å². The van der Waals surface area contributed by atoms with Gasteiger partial charge in [-0.2, -0.15) is 0 Å². The van der Waals surface area contributed by atoms with Gasteiger partial charge < -0.3 is 9.84 Å². The third kappa shape index (κ3) is 4.47. The summed E-state index contributed by atoms with van der Waals surface area (Å²) in [5, 5.41) is 10.6. The molecule has 0 amide bonds. The lowest BCUT2D eigenvalue weighted by molar-refractivity contribution is 0.431. The predicted octanol–water partition coefficient (Wildman–Crippen LogP) is 5.37. The number of aromatic amines is 1. The van der Waals surface area contributed by atoms with Crippen molar-refractivity contribution >= 4 is 18.3 Å². The lowest BCUT2D eigenvalue weighted by atomic mass is 10.2. The first-order valence-electron chi connectivity index (χ1n) is 8.85. The van der Waals surface area contributed by atoms with Crippen LogP contribution in [0, 0.1) is 4.77 Å². The number of allylic oxidation sites excluding steroid dienone is 3. The zero-order valence-corrected chi connectivity index (χ0v) is 16.1. The van der Waals surface area contributed by atoms with E-state index in [0.29, 0.717) is 11.4 Å². The van der Waals surface area contributed by atoms with Crippen molar-refractivity contribution in [2.75, 3.05) is 0 Å². The van der Waals surface area contributed by atoms with E-state index in [2.05, 4.69) is 4.98 Å². The van der Waals surface area contributed by atoms with E-state index in [1.54, 1.807) is 36.4 Å². The van der Waals surface area contributed by atoms with Crippen LogP contribution in [0.25, 0.3) is 11.8 Å². The summed E-state index contributed by atoms with van der Waals surface area (Å²) in [5.41, 5.74) is 0.306. The number of aromatic hydroxyl groups is 1. The second-order valence-electron chi connectivity index (χ2n) is 5.94. The molecule has 3 aromatic rings. The number of ether oxygens (including phenoxy) is 1. The van der Waals surface area contributed by atoms with Crippen molar-refractivity contribution in [3.8, 4) is 23.1 Å². The molecule has 1 heterocycles. The Kier molecular flexibility index (Phi) is 6.24. The van der Waals surface area contributed by atoms with Crippen LogP contribution in [0.1, 0.15) is 18.9 Å². The van der Waals surface area contributed by atoms with Gasteiger partial charge in [0.1, 0.15) is 17.1 Å². The Hall–Kier alpha value is -3.38. The molecule has 0 aliphatic carbocycles. The van der Waals surface area contributed by atoms with Crippen molar-refractivity contribution in [2.45, 2.75) is 13.3 Å². The van der Waals surface area contributed by atoms with Gasteiger partial charge in [0.15, 0.2) is 4.77 Å². The highest BCUT2D eigenvalue weighted by molar-refractivity contribution is 7.71. The molecule has 2 N–H and O–H groups in total. The predicted molar refractivity (Wildman–Crippen MR) is 114 cm³/mol. The summed E-state index contributed by atoms with van der Waals surface area (Å²) >= 11 is 5.24. The molecule has 0 aliphatic rings. The number of rotatable bonds is 6. The Morgan fingerprint density at radius 2 is 1.75 bits per heavy atom. The number of para-hydroxylation sites is 1. The van der Waals surface area contributed by atoms with Crippen LogP contribution in [0.3, 0.4) is 0 Å². The molecule has 28 heavy (non-hydrogen) atoms. The van der Waals surface area contributed by atoms with Gasteiger partial charge in [-0.05, 0) is 61.1 Å². The molecule has 0 bridgehead atoms. The van der Waals surface area contributed by atoms with E-state index < -0.39 is 5.56 Å². The fourth-order valence-electron chi connectivity index (χ4n) is 2.58. The molecule has 0 fully saturated rings. The summed E-state index contributed by atoms with van der Waals surface area (Å²) in [6.07, 6.45) is 7.91. The number of aromatic nitrogens is 2. The van der Waals surface area contributed by atoms with Crippen LogP contribution in [-0.2, 0) is 0 Å². The normalized spacial score (nSPS) is 11.3. The zero-order valence-electron chi connectivity index (χ0n) is 15.3. The van der Waals surface area contributed by atoms with Crippen molar-refractivity contribution in [1.82, 2.24) is 9.55 Å². The first-order chi connectivity index (χ1) is 13.6. The second-order valence-corrected chi connectivity index (χ2v) is 6.32. The minimum absolute atomic E-state index is 0.112. The summed E-state index contributed by atoms with van der Waals surface area (Å²) in [7, 11) is 0. The molecule has 0 aliphatic heterocycles. The van der Waals surface area contributed by atoms with Crippen molar-refractivity contribution in [1.29, 1.82) is 0 Å². The first-order valence-corrected chi connectivity index (χ1v) is 9.26. The molecule has 6 heteroatoms. The largest absolute Gasteiger partial charge is 0.494 e. The molecule has 3 rings (SSSR count). The van der Waals surface area contributed by atoms with E-state index in [1.165, 1.54) is 4.57 Å². The quantitative estimate of drug-likeness (QED) is 0.437. The van der Waals surface area contributed by atoms with Gasteiger partial charge in [-0.1, -0.05) is 43.4 Å². The molecule has 1 aromatic heterocycles. The average Bonchev–Trinajstić information content (AvgIpc) is 2.69. The highest BCUT2D eigenvalue weighted by atomic mass is 32.1. The minimum Gasteiger partial charge on any atom is -0.494 e. The Morgan fingerprint density at radius 3 is 2.43 bits per heavy atom. The lowest BCUT2D eigenvalue weighted by Crippen LogP contribution is -2.15. The SMILES string of the molecule is CCC=CC=Cc1c(O)n(-c2ccc(Oc3ccccc3)cc2)c(=S)[nH]c1=O. The number of hydrogen-bond donors (Lipinski definition) is 2. The van der Waals surface area contributed by atoms with E-state index in [4.69, 9.17) is 17.0 Å². The van der Waals surface area contributed by atoms with Crippen molar-refractivity contribution in [3.63, 3.8) is 0 Å². The van der Waals surface area contributed by atoms with Crippen LogP contribution in [-0.4, -0.2) is 14.7 Å². The molecule has 2 aromatic carbocycles. The standard InChI is InChI=1S/C22H20N2O3S/c1-2-3-4-8-11-19-20(25)23-22(28)24(21(19)26)16-12-14-18(15-13-16)27-17-9-6-5-7-10-17/h3-15,26H,2H2,1H3,(H,23,25,28). The van der Waals surface area contributed by atoms with Gasteiger partial charge in [-0.3, -0.25) is 14.3 Å². The molecule has 0 atom stereocenters. The molecule has 0 radical (unpaired) electrons. The minimum atomic E-state index is -0.441. The van der Waals surface area contributed by atoms with E-state index in [9.17, 15) is 9.90 Å². The number of hydrogen-bond acceptors (Lipinski definition) is 4. The molecule has 0 unspecified atom stereocenters. The second kappa shape index (κ2) is 9.01. The maximum absolute atomic E-state index is 12.2. The number of nitrogens with one attached hydrogen (secondary N) is 1. The summed E-state index contributed by atoms with van der Waals surface area (Å²) in [5.74, 6) is 1.16. The smallest absolute Gasteiger partial charge is 0.262 e. The van der Waals surface area contributed by atoms with E-state index in [0.717, 1.165) is 12.2 Å². The van der Waals surface area contributed by atoms with Gasteiger partial charge in [0.05, 0.1) is 5.69 Å². The van der Waals surface area contributed by atoms with E-state index in [-0.39, 0.29) is 16.2 Å². The van der Waals surface area contributed by atoms with Gasteiger partial charge in [0.25, 0.3) is 5.56 Å². The summed E-state index contributed by atoms with van der Waals surface area (Å²) in [6.45, 7) is 2.01. The molecular formula is C22H20N2O3S. The average molecular weight is 392 g/mol. The third-order valence-electron chi connectivity index (χ3n) is 3.94.